The molecule has 0 unspecified atom stereocenters. The Morgan fingerprint density at radius 2 is 2.03 bits per heavy atom. The highest BCUT2D eigenvalue weighted by Gasteiger charge is 2.24. The third kappa shape index (κ3) is 6.35. The maximum absolute atomic E-state index is 13.1. The number of hydrogen-bond donors (Lipinski definition) is 2. The van der Waals surface area contributed by atoms with Crippen LogP contribution >= 0.6 is 11.8 Å². The molecule has 1 aromatic carbocycles. The molecular weight excluding hydrogens is 460 g/mol. The van der Waals surface area contributed by atoms with Crippen molar-refractivity contribution in [2.45, 2.75) is 38.0 Å². The number of nitrogens with zero attached hydrogens (tertiary/aromatic N) is 4. The first-order valence-electron chi connectivity index (χ1n) is 10.9. The van der Waals surface area contributed by atoms with Crippen LogP contribution in [0.25, 0.3) is 0 Å². The van der Waals surface area contributed by atoms with Crippen LogP contribution in [0.2, 0.25) is 0 Å². The van der Waals surface area contributed by atoms with E-state index in [2.05, 4.69) is 15.2 Å². The first kappa shape index (κ1) is 25.2. The minimum Gasteiger partial charge on any atom is -0.416 e. The van der Waals surface area contributed by atoms with Gasteiger partial charge in [0, 0.05) is 20.2 Å². The minimum atomic E-state index is -0.729. The van der Waals surface area contributed by atoms with Crippen LogP contribution in [-0.4, -0.2) is 51.7 Å². The third-order valence-corrected chi connectivity index (χ3v) is 5.81. The second-order valence-corrected chi connectivity index (χ2v) is 8.38. The maximum atomic E-state index is 13.1. The van der Waals surface area contributed by atoms with Gasteiger partial charge in [-0.25, -0.2) is 4.79 Å². The lowest BCUT2D eigenvalue weighted by Gasteiger charge is -2.24. The molecule has 12 heteroatoms. The fourth-order valence-corrected chi connectivity index (χ4v) is 3.92. The van der Waals surface area contributed by atoms with E-state index in [-0.39, 0.29) is 35.6 Å². The highest BCUT2D eigenvalue weighted by atomic mass is 32.2. The zero-order valence-corrected chi connectivity index (χ0v) is 20.0. The molecule has 0 saturated heterocycles. The molecule has 2 heterocycles. The standard InChI is InChI=1S/C22H28N6O5S/c1-3-4-10-28-19(23)18(20(30)24-21(28)31)27(11-12-32-2)17(29)14-34-22-26-25-16(33-22)13-15-8-6-5-7-9-15/h5-9H,3-4,10-14,23H2,1-2H3,(H,24,30,31). The Bertz CT molecular complexity index is 1210. The van der Waals surface area contributed by atoms with Gasteiger partial charge < -0.3 is 19.8 Å². The number of rotatable bonds is 12. The van der Waals surface area contributed by atoms with E-state index in [1.165, 1.54) is 16.6 Å². The van der Waals surface area contributed by atoms with Crippen LogP contribution in [0.5, 0.6) is 0 Å². The molecule has 0 aliphatic heterocycles. The van der Waals surface area contributed by atoms with Crippen molar-refractivity contribution in [1.82, 2.24) is 19.7 Å². The van der Waals surface area contributed by atoms with E-state index in [1.807, 2.05) is 37.3 Å². The molecule has 3 aromatic rings. The summed E-state index contributed by atoms with van der Waals surface area (Å²) in [6, 6.07) is 9.68. The van der Waals surface area contributed by atoms with Crippen LogP contribution in [0.15, 0.2) is 49.6 Å². The number of carbonyl (C=O) groups excluding carboxylic acids is 1. The number of H-pyrrole nitrogens is 1. The molecule has 3 N–H and O–H groups in total. The molecule has 2 aromatic heterocycles. The van der Waals surface area contributed by atoms with Crippen LogP contribution < -0.4 is 21.9 Å². The normalized spacial score (nSPS) is 11.0. The molecule has 3 rings (SSSR count). The van der Waals surface area contributed by atoms with Crippen LogP contribution in [0.1, 0.15) is 31.2 Å². The second kappa shape index (κ2) is 12.2. The first-order chi connectivity index (χ1) is 16.4. The number of benzene rings is 1. The van der Waals surface area contributed by atoms with Crippen molar-refractivity contribution >= 4 is 29.2 Å². The van der Waals surface area contributed by atoms with Crippen molar-refractivity contribution in [3.05, 3.63) is 62.6 Å². The monoisotopic (exact) mass is 488 g/mol. The van der Waals surface area contributed by atoms with Crippen LogP contribution in [-0.2, 0) is 22.5 Å². The number of unbranched alkanes of at least 4 members (excludes halogenated alkanes) is 1. The summed E-state index contributed by atoms with van der Waals surface area (Å²) in [5.74, 6) is -0.118. The predicted octanol–water partition coefficient (Wildman–Crippen LogP) is 1.66. The van der Waals surface area contributed by atoms with Gasteiger partial charge >= 0.3 is 5.69 Å². The summed E-state index contributed by atoms with van der Waals surface area (Å²) in [6.45, 7) is 2.56. The van der Waals surface area contributed by atoms with Crippen LogP contribution in [0, 0.1) is 0 Å². The molecule has 0 spiro atoms. The smallest absolute Gasteiger partial charge is 0.330 e. The third-order valence-electron chi connectivity index (χ3n) is 5.00. The van der Waals surface area contributed by atoms with E-state index in [1.54, 1.807) is 0 Å². The molecule has 1 amide bonds. The average Bonchev–Trinajstić information content (AvgIpc) is 3.27. The lowest BCUT2D eigenvalue weighted by molar-refractivity contribution is -0.116. The maximum Gasteiger partial charge on any atom is 0.330 e. The van der Waals surface area contributed by atoms with Crippen molar-refractivity contribution in [1.29, 1.82) is 0 Å². The van der Waals surface area contributed by atoms with E-state index in [0.717, 1.165) is 23.7 Å². The van der Waals surface area contributed by atoms with Gasteiger partial charge in [-0.3, -0.25) is 19.1 Å². The van der Waals surface area contributed by atoms with Gasteiger partial charge in [0.05, 0.1) is 18.8 Å². The Morgan fingerprint density at radius 1 is 1.26 bits per heavy atom. The molecule has 11 nitrogen and oxygen atoms in total. The summed E-state index contributed by atoms with van der Waals surface area (Å²) in [5, 5.41) is 8.25. The van der Waals surface area contributed by atoms with Crippen molar-refractivity contribution < 1.29 is 13.9 Å². The number of hydrogen-bond acceptors (Lipinski definition) is 9. The summed E-state index contributed by atoms with van der Waals surface area (Å²) in [5.41, 5.74) is 5.80. The molecule has 182 valence electrons. The highest BCUT2D eigenvalue weighted by molar-refractivity contribution is 7.99. The highest BCUT2D eigenvalue weighted by Crippen LogP contribution is 2.22. The number of nitrogens with two attached hydrogens (primary N) is 1. The van der Waals surface area contributed by atoms with Crippen molar-refractivity contribution in [2.75, 3.05) is 36.6 Å². The molecule has 0 saturated carbocycles. The largest absolute Gasteiger partial charge is 0.416 e. The predicted molar refractivity (Wildman–Crippen MR) is 129 cm³/mol. The van der Waals surface area contributed by atoms with Crippen LogP contribution in [0.4, 0.5) is 11.5 Å². The van der Waals surface area contributed by atoms with Crippen molar-refractivity contribution in [3.8, 4) is 0 Å². The molecule has 34 heavy (non-hydrogen) atoms. The molecule has 0 fully saturated rings. The summed E-state index contributed by atoms with van der Waals surface area (Å²) >= 11 is 1.06. The minimum absolute atomic E-state index is 0.0559. The van der Waals surface area contributed by atoms with E-state index < -0.39 is 17.2 Å². The van der Waals surface area contributed by atoms with Gasteiger partial charge in [-0.1, -0.05) is 55.4 Å². The summed E-state index contributed by atoms with van der Waals surface area (Å²) in [7, 11) is 1.49. The van der Waals surface area contributed by atoms with Crippen molar-refractivity contribution in [3.63, 3.8) is 0 Å². The quantitative estimate of drug-likeness (QED) is 0.363. The Kier molecular flexibility index (Phi) is 9.05. The summed E-state index contributed by atoms with van der Waals surface area (Å²) in [6.07, 6.45) is 2.01. The van der Waals surface area contributed by atoms with E-state index in [4.69, 9.17) is 14.9 Å². The number of aromatic nitrogens is 4. The summed E-state index contributed by atoms with van der Waals surface area (Å²) in [4.78, 5) is 41.4. The zero-order chi connectivity index (χ0) is 24.5. The number of nitrogens with one attached hydrogen (secondary N) is 1. The van der Waals surface area contributed by atoms with Gasteiger partial charge in [0.1, 0.15) is 5.82 Å². The fourth-order valence-electron chi connectivity index (χ4n) is 3.26. The molecule has 0 aliphatic carbocycles. The first-order valence-corrected chi connectivity index (χ1v) is 11.8. The number of ether oxygens (including phenoxy) is 1. The van der Waals surface area contributed by atoms with Gasteiger partial charge in [-0.15, -0.1) is 10.2 Å². The SMILES string of the molecule is CCCCn1c(N)c(N(CCOC)C(=O)CSc2nnc(Cc3ccccc3)o2)c(=O)[nH]c1=O. The Hall–Kier alpha value is -3.38. The molecule has 0 aliphatic rings. The Morgan fingerprint density at radius 3 is 2.74 bits per heavy atom. The van der Waals surface area contributed by atoms with E-state index in [9.17, 15) is 14.4 Å². The number of aromatic amines is 1. The fraction of sp³-hybridized carbons (Fsp3) is 0.409. The average molecular weight is 489 g/mol. The van der Waals surface area contributed by atoms with Gasteiger partial charge in [-0.2, -0.15) is 0 Å². The van der Waals surface area contributed by atoms with Gasteiger partial charge in [0.15, 0.2) is 5.69 Å². The van der Waals surface area contributed by atoms with E-state index in [0.29, 0.717) is 25.3 Å². The second-order valence-electron chi connectivity index (χ2n) is 7.45. The Labute approximate surface area is 200 Å². The topological polar surface area (TPSA) is 149 Å². The zero-order valence-electron chi connectivity index (χ0n) is 19.2. The molecule has 0 radical (unpaired) electrons. The number of anilines is 2. The number of nitrogen functional groups attached to an aromatic ring is 1. The molecular formula is C22H28N6O5S. The molecule has 0 atom stereocenters. The molecule has 0 bridgehead atoms. The van der Waals surface area contributed by atoms with Gasteiger partial charge in [0.25, 0.3) is 10.8 Å². The van der Waals surface area contributed by atoms with Gasteiger partial charge in [-0.05, 0) is 12.0 Å². The number of amides is 1. The van der Waals surface area contributed by atoms with Crippen LogP contribution in [0.3, 0.4) is 0 Å². The number of carbonyl (C=O) groups is 1. The number of methoxy groups -OCH3 is 1. The number of thioether (sulfide) groups is 1. The Balaban J connectivity index is 1.77. The lowest BCUT2D eigenvalue weighted by Crippen LogP contribution is -2.43. The van der Waals surface area contributed by atoms with Gasteiger partial charge in [0.2, 0.25) is 11.8 Å². The van der Waals surface area contributed by atoms with E-state index >= 15 is 0 Å². The lowest BCUT2D eigenvalue weighted by atomic mass is 10.2. The van der Waals surface area contributed by atoms with Crippen molar-refractivity contribution in [2.24, 2.45) is 0 Å². The summed E-state index contributed by atoms with van der Waals surface area (Å²) < 4.78 is 12.0.